The molecule has 1 fully saturated rings. The minimum atomic E-state index is 0.0683. The largest absolute Gasteiger partial charge is 0.294 e. The van der Waals surface area contributed by atoms with E-state index >= 15 is 0 Å². The second-order valence-corrected chi connectivity index (χ2v) is 3.77. The molecule has 1 saturated carbocycles. The molecule has 0 aromatic heterocycles. The molecule has 2 rings (SSSR count). The summed E-state index contributed by atoms with van der Waals surface area (Å²) in [5.74, 6) is 1.08. The molecule has 10 heavy (non-hydrogen) atoms. The van der Waals surface area contributed by atoms with Gasteiger partial charge in [-0.25, -0.2) is 0 Å². The Kier molecular flexibility index (Phi) is 0.936. The Labute approximate surface area is 61.1 Å². The third-order valence-electron chi connectivity index (χ3n) is 3.00. The van der Waals surface area contributed by atoms with Gasteiger partial charge in [0.25, 0.3) is 0 Å². The molecule has 0 bridgehead atoms. The lowest BCUT2D eigenvalue weighted by atomic mass is 9.89. The van der Waals surface area contributed by atoms with Crippen LogP contribution in [-0.2, 0) is 4.79 Å². The first kappa shape index (κ1) is 6.14. The molecule has 2 aliphatic carbocycles. The van der Waals surface area contributed by atoms with Crippen LogP contribution in [0.4, 0.5) is 0 Å². The van der Waals surface area contributed by atoms with Crippen LogP contribution in [0.2, 0.25) is 0 Å². The smallest absolute Gasteiger partial charge is 0.164 e. The molecule has 0 aromatic rings. The number of Topliss-reactive ketones (excluding diaryl/α,β-unsaturated/α-hetero) is 1. The molecular weight excluding hydrogens is 124 g/mol. The van der Waals surface area contributed by atoms with E-state index in [1.807, 2.05) is 6.92 Å². The highest BCUT2D eigenvalue weighted by molar-refractivity contribution is 6.02. The zero-order chi connectivity index (χ0) is 7.35. The molecule has 0 radical (unpaired) electrons. The number of fused-ring (bicyclic) bond motifs is 1. The highest BCUT2D eigenvalue weighted by atomic mass is 16.1. The second-order valence-electron chi connectivity index (χ2n) is 3.77. The first-order valence-electron chi connectivity index (χ1n) is 3.86. The van der Waals surface area contributed by atoms with Crippen LogP contribution in [0, 0.1) is 11.3 Å². The van der Waals surface area contributed by atoms with Gasteiger partial charge in [-0.05, 0) is 31.3 Å². The molecule has 0 spiro atoms. The maximum Gasteiger partial charge on any atom is 0.164 e. The summed E-state index contributed by atoms with van der Waals surface area (Å²) in [6, 6.07) is 0. The number of hydrogen-bond donors (Lipinski definition) is 0. The fraction of sp³-hybridized carbons (Fsp3) is 0.667. The molecule has 2 aliphatic rings. The summed E-state index contributed by atoms with van der Waals surface area (Å²) in [6.45, 7) is 4.03. The Hall–Kier alpha value is -0.590. The number of allylic oxidation sites excluding steroid dienone is 2. The van der Waals surface area contributed by atoms with Gasteiger partial charge in [-0.1, -0.05) is 13.0 Å². The topological polar surface area (TPSA) is 17.1 Å². The lowest BCUT2D eigenvalue weighted by molar-refractivity contribution is -0.120. The van der Waals surface area contributed by atoms with Crippen LogP contribution in [0.1, 0.15) is 26.7 Å². The van der Waals surface area contributed by atoms with Crippen molar-refractivity contribution in [3.05, 3.63) is 11.6 Å². The van der Waals surface area contributed by atoms with Gasteiger partial charge in [-0.15, -0.1) is 0 Å². The fourth-order valence-electron chi connectivity index (χ4n) is 1.94. The van der Waals surface area contributed by atoms with Crippen molar-refractivity contribution in [1.82, 2.24) is 0 Å². The summed E-state index contributed by atoms with van der Waals surface area (Å²) < 4.78 is 0. The Balaban J connectivity index is 2.35. The summed E-state index contributed by atoms with van der Waals surface area (Å²) in [5.41, 5.74) is 1.05. The average Bonchev–Trinajstić information content (AvgIpc) is 2.55. The van der Waals surface area contributed by atoms with Crippen LogP contribution in [0.3, 0.4) is 0 Å². The minimum Gasteiger partial charge on any atom is -0.294 e. The van der Waals surface area contributed by atoms with E-state index in [-0.39, 0.29) is 5.41 Å². The molecule has 54 valence electrons. The summed E-state index contributed by atoms with van der Waals surface area (Å²) >= 11 is 0. The lowest BCUT2D eigenvalue weighted by Gasteiger charge is -2.14. The van der Waals surface area contributed by atoms with E-state index in [0.29, 0.717) is 11.7 Å². The van der Waals surface area contributed by atoms with E-state index < -0.39 is 0 Å². The summed E-state index contributed by atoms with van der Waals surface area (Å²) in [6.07, 6.45) is 4.34. The van der Waals surface area contributed by atoms with Crippen molar-refractivity contribution in [3.8, 4) is 0 Å². The molecule has 0 N–H and O–H groups in total. The van der Waals surface area contributed by atoms with Crippen molar-refractivity contribution in [2.24, 2.45) is 11.3 Å². The SMILES string of the molecule is CC1=CCC2CC2(C)C1=O. The first-order valence-corrected chi connectivity index (χ1v) is 3.86. The number of rotatable bonds is 0. The van der Waals surface area contributed by atoms with Crippen molar-refractivity contribution < 1.29 is 4.79 Å². The van der Waals surface area contributed by atoms with Crippen molar-refractivity contribution >= 4 is 5.78 Å². The van der Waals surface area contributed by atoms with E-state index in [1.165, 1.54) is 0 Å². The van der Waals surface area contributed by atoms with Crippen LogP contribution in [0.15, 0.2) is 11.6 Å². The molecule has 2 atom stereocenters. The zero-order valence-electron chi connectivity index (χ0n) is 6.48. The standard InChI is InChI=1S/C9H12O/c1-6-3-4-7-5-9(7,2)8(6)10/h3,7H,4-5H2,1-2H3. The van der Waals surface area contributed by atoms with Gasteiger partial charge in [0.05, 0.1) is 0 Å². The van der Waals surface area contributed by atoms with Crippen molar-refractivity contribution in [2.75, 3.05) is 0 Å². The minimum absolute atomic E-state index is 0.0683. The van der Waals surface area contributed by atoms with Crippen LogP contribution < -0.4 is 0 Å². The van der Waals surface area contributed by atoms with Gasteiger partial charge >= 0.3 is 0 Å². The molecule has 1 nitrogen and oxygen atoms in total. The summed E-state index contributed by atoms with van der Waals surface area (Å²) in [5, 5.41) is 0. The van der Waals surface area contributed by atoms with E-state index in [2.05, 4.69) is 13.0 Å². The molecule has 1 heteroatoms. The number of hydrogen-bond acceptors (Lipinski definition) is 1. The van der Waals surface area contributed by atoms with E-state index in [1.54, 1.807) is 0 Å². The summed E-state index contributed by atoms with van der Waals surface area (Å²) in [4.78, 5) is 11.4. The maximum atomic E-state index is 11.4. The van der Waals surface area contributed by atoms with E-state index in [0.717, 1.165) is 18.4 Å². The Morgan fingerprint density at radius 1 is 1.70 bits per heavy atom. The highest BCUT2D eigenvalue weighted by Crippen LogP contribution is 2.58. The zero-order valence-corrected chi connectivity index (χ0v) is 6.48. The number of carbonyl (C=O) groups is 1. The summed E-state index contributed by atoms with van der Waals surface area (Å²) in [7, 11) is 0. The first-order chi connectivity index (χ1) is 4.64. The molecule has 0 amide bonds. The van der Waals surface area contributed by atoms with E-state index in [4.69, 9.17) is 0 Å². The molecule has 0 aromatic carbocycles. The van der Waals surface area contributed by atoms with Gasteiger partial charge in [-0.3, -0.25) is 4.79 Å². The molecule has 0 heterocycles. The Morgan fingerprint density at radius 3 is 3.00 bits per heavy atom. The lowest BCUT2D eigenvalue weighted by Crippen LogP contribution is -2.18. The van der Waals surface area contributed by atoms with Crippen molar-refractivity contribution in [3.63, 3.8) is 0 Å². The maximum absolute atomic E-state index is 11.4. The quantitative estimate of drug-likeness (QED) is 0.497. The van der Waals surface area contributed by atoms with Crippen molar-refractivity contribution in [2.45, 2.75) is 26.7 Å². The van der Waals surface area contributed by atoms with Gasteiger partial charge in [-0.2, -0.15) is 0 Å². The monoisotopic (exact) mass is 136 g/mol. The normalized spacial score (nSPS) is 44.4. The predicted octanol–water partition coefficient (Wildman–Crippen LogP) is 1.93. The average molecular weight is 136 g/mol. The van der Waals surface area contributed by atoms with Crippen molar-refractivity contribution in [1.29, 1.82) is 0 Å². The van der Waals surface area contributed by atoms with Crippen LogP contribution in [0.5, 0.6) is 0 Å². The Morgan fingerprint density at radius 2 is 2.40 bits per heavy atom. The number of ketones is 1. The van der Waals surface area contributed by atoms with Gasteiger partial charge < -0.3 is 0 Å². The predicted molar refractivity (Wildman–Crippen MR) is 39.6 cm³/mol. The number of carbonyl (C=O) groups excluding carboxylic acids is 1. The molecule has 0 saturated heterocycles. The second kappa shape index (κ2) is 1.52. The van der Waals surface area contributed by atoms with Crippen LogP contribution in [-0.4, -0.2) is 5.78 Å². The third-order valence-corrected chi connectivity index (χ3v) is 3.00. The van der Waals surface area contributed by atoms with Gasteiger partial charge in [0.2, 0.25) is 0 Å². The fourth-order valence-corrected chi connectivity index (χ4v) is 1.94. The van der Waals surface area contributed by atoms with Gasteiger partial charge in [0.1, 0.15) is 0 Å². The van der Waals surface area contributed by atoms with Gasteiger partial charge in [0, 0.05) is 5.41 Å². The highest BCUT2D eigenvalue weighted by Gasteiger charge is 2.56. The molecule has 0 aliphatic heterocycles. The third kappa shape index (κ3) is 0.556. The molecular formula is C9H12O. The Bertz CT molecular complexity index is 227. The van der Waals surface area contributed by atoms with Crippen LogP contribution >= 0.6 is 0 Å². The molecule has 2 unspecified atom stereocenters. The van der Waals surface area contributed by atoms with Gasteiger partial charge in [0.15, 0.2) is 5.78 Å². The van der Waals surface area contributed by atoms with E-state index in [9.17, 15) is 4.79 Å². The van der Waals surface area contributed by atoms with Crippen LogP contribution in [0.25, 0.3) is 0 Å².